The van der Waals surface area contributed by atoms with Crippen molar-refractivity contribution in [3.05, 3.63) is 58.3 Å². The van der Waals surface area contributed by atoms with Gasteiger partial charge < -0.3 is 21.2 Å². The highest BCUT2D eigenvalue weighted by Crippen LogP contribution is 2.39. The molecule has 1 aromatic rings. The van der Waals surface area contributed by atoms with Crippen molar-refractivity contribution in [3.8, 4) is 6.07 Å². The van der Waals surface area contributed by atoms with Crippen LogP contribution < -0.4 is 11.1 Å². The van der Waals surface area contributed by atoms with Crippen LogP contribution in [-0.2, 0) is 10.9 Å². The lowest BCUT2D eigenvalue weighted by atomic mass is 9.82. The molecule has 24 heavy (non-hydrogen) atoms. The SMILES string of the molecule is CNC1=C(C(C)=N)C(c2ccc(C(F)(F)F)cc2)C(C#N)=C(N)O1. The normalized spacial score (nSPS) is 18.1. The zero-order chi connectivity index (χ0) is 18.1. The van der Waals surface area contributed by atoms with Crippen molar-refractivity contribution < 1.29 is 17.9 Å². The molecule has 1 atom stereocenters. The van der Waals surface area contributed by atoms with Gasteiger partial charge in [0.05, 0.1) is 11.5 Å². The van der Waals surface area contributed by atoms with Gasteiger partial charge in [0.15, 0.2) is 0 Å². The van der Waals surface area contributed by atoms with E-state index in [2.05, 4.69) is 5.32 Å². The number of nitrogens with zero attached hydrogens (tertiary/aromatic N) is 1. The number of nitrogens with one attached hydrogen (secondary N) is 2. The lowest BCUT2D eigenvalue weighted by Crippen LogP contribution is -2.28. The van der Waals surface area contributed by atoms with E-state index < -0.39 is 17.7 Å². The predicted octanol–water partition coefficient (Wildman–Crippen LogP) is 2.98. The number of ether oxygens (including phenoxy) is 1. The molecule has 1 heterocycles. The molecule has 0 spiro atoms. The van der Waals surface area contributed by atoms with E-state index in [4.69, 9.17) is 15.9 Å². The second kappa shape index (κ2) is 6.28. The van der Waals surface area contributed by atoms with Crippen LogP contribution in [0.25, 0.3) is 0 Å². The quantitative estimate of drug-likeness (QED) is 0.740. The number of allylic oxidation sites excluding steroid dienone is 2. The first-order valence-electron chi connectivity index (χ1n) is 6.92. The van der Waals surface area contributed by atoms with Crippen molar-refractivity contribution in [1.82, 2.24) is 5.32 Å². The van der Waals surface area contributed by atoms with E-state index in [-0.39, 0.29) is 23.1 Å². The van der Waals surface area contributed by atoms with Crippen LogP contribution in [0.15, 0.2) is 47.2 Å². The molecular weight excluding hydrogens is 321 g/mol. The molecule has 5 nitrogen and oxygen atoms in total. The van der Waals surface area contributed by atoms with Crippen molar-refractivity contribution >= 4 is 5.71 Å². The molecule has 1 aromatic carbocycles. The van der Waals surface area contributed by atoms with Crippen molar-refractivity contribution in [1.29, 1.82) is 10.7 Å². The molecule has 0 saturated carbocycles. The Kier molecular flexibility index (Phi) is 4.55. The van der Waals surface area contributed by atoms with Gasteiger partial charge in [-0.25, -0.2) is 0 Å². The minimum absolute atomic E-state index is 0.0513. The maximum absolute atomic E-state index is 12.7. The second-order valence-corrected chi connectivity index (χ2v) is 5.16. The zero-order valence-corrected chi connectivity index (χ0v) is 13.0. The van der Waals surface area contributed by atoms with Gasteiger partial charge in [-0.2, -0.15) is 18.4 Å². The summed E-state index contributed by atoms with van der Waals surface area (Å²) in [4.78, 5) is 0. The second-order valence-electron chi connectivity index (χ2n) is 5.16. The van der Waals surface area contributed by atoms with Crippen LogP contribution in [0.3, 0.4) is 0 Å². The predicted molar refractivity (Wildman–Crippen MR) is 81.6 cm³/mol. The lowest BCUT2D eigenvalue weighted by molar-refractivity contribution is -0.137. The minimum atomic E-state index is -4.45. The summed E-state index contributed by atoms with van der Waals surface area (Å²) in [6, 6.07) is 6.35. The first kappa shape index (κ1) is 17.4. The van der Waals surface area contributed by atoms with E-state index in [1.54, 1.807) is 7.05 Å². The minimum Gasteiger partial charge on any atom is -0.424 e. The van der Waals surface area contributed by atoms with Crippen LogP contribution in [0.4, 0.5) is 13.2 Å². The summed E-state index contributed by atoms with van der Waals surface area (Å²) in [6.45, 7) is 1.50. The Balaban J connectivity index is 2.61. The number of alkyl halides is 3. The van der Waals surface area contributed by atoms with Crippen LogP contribution in [0.1, 0.15) is 24.0 Å². The molecule has 2 rings (SSSR count). The summed E-state index contributed by atoms with van der Waals surface area (Å²) in [5, 5.41) is 20.1. The first-order chi connectivity index (χ1) is 11.2. The van der Waals surface area contributed by atoms with Crippen LogP contribution in [0, 0.1) is 16.7 Å². The number of halogens is 3. The fraction of sp³-hybridized carbons (Fsp3) is 0.250. The third-order valence-electron chi connectivity index (χ3n) is 3.62. The van der Waals surface area contributed by atoms with Crippen LogP contribution >= 0.6 is 0 Å². The Labute approximate surface area is 136 Å². The molecule has 1 aliphatic heterocycles. The lowest BCUT2D eigenvalue weighted by Gasteiger charge is -2.28. The molecule has 1 aliphatic rings. The number of rotatable bonds is 3. The summed E-state index contributed by atoms with van der Waals surface area (Å²) in [5.41, 5.74) is 5.90. The molecular formula is C16H15F3N4O. The highest BCUT2D eigenvalue weighted by Gasteiger charge is 2.35. The zero-order valence-electron chi connectivity index (χ0n) is 13.0. The Bertz CT molecular complexity index is 770. The van der Waals surface area contributed by atoms with Crippen LogP contribution in [0.2, 0.25) is 0 Å². The third-order valence-corrected chi connectivity index (χ3v) is 3.62. The van der Waals surface area contributed by atoms with Crippen molar-refractivity contribution in [2.75, 3.05) is 7.05 Å². The molecule has 0 bridgehead atoms. The van der Waals surface area contributed by atoms with Crippen molar-refractivity contribution in [3.63, 3.8) is 0 Å². The van der Waals surface area contributed by atoms with Gasteiger partial charge in [-0.1, -0.05) is 12.1 Å². The Hall–Kier alpha value is -2.95. The van der Waals surface area contributed by atoms with Gasteiger partial charge in [0.1, 0.15) is 11.6 Å². The van der Waals surface area contributed by atoms with Gasteiger partial charge in [0.2, 0.25) is 11.8 Å². The smallest absolute Gasteiger partial charge is 0.416 e. The molecule has 0 amide bonds. The van der Waals surface area contributed by atoms with Crippen LogP contribution in [-0.4, -0.2) is 12.8 Å². The van der Waals surface area contributed by atoms with Gasteiger partial charge in [0.25, 0.3) is 0 Å². The van der Waals surface area contributed by atoms with Crippen LogP contribution in [0.5, 0.6) is 0 Å². The maximum atomic E-state index is 12.7. The fourth-order valence-corrected chi connectivity index (χ4v) is 2.53. The van der Waals surface area contributed by atoms with Gasteiger partial charge in [-0.3, -0.25) is 0 Å². The Morgan fingerprint density at radius 2 is 1.92 bits per heavy atom. The largest absolute Gasteiger partial charge is 0.424 e. The number of benzene rings is 1. The number of nitriles is 1. The van der Waals surface area contributed by atoms with Gasteiger partial charge in [0, 0.05) is 18.3 Å². The summed E-state index contributed by atoms with van der Waals surface area (Å²) in [6.07, 6.45) is -4.45. The molecule has 8 heteroatoms. The maximum Gasteiger partial charge on any atom is 0.416 e. The summed E-state index contributed by atoms with van der Waals surface area (Å²) < 4.78 is 43.5. The Morgan fingerprint density at radius 3 is 2.33 bits per heavy atom. The summed E-state index contributed by atoms with van der Waals surface area (Å²) >= 11 is 0. The van der Waals surface area contributed by atoms with Crippen molar-refractivity contribution in [2.24, 2.45) is 5.73 Å². The van der Waals surface area contributed by atoms with Gasteiger partial charge >= 0.3 is 6.18 Å². The highest BCUT2D eigenvalue weighted by atomic mass is 19.4. The average Bonchev–Trinajstić information content (AvgIpc) is 2.52. The number of hydrogen-bond acceptors (Lipinski definition) is 5. The monoisotopic (exact) mass is 336 g/mol. The molecule has 126 valence electrons. The summed E-state index contributed by atoms with van der Waals surface area (Å²) in [7, 11) is 1.56. The molecule has 0 radical (unpaired) electrons. The molecule has 0 fully saturated rings. The van der Waals surface area contributed by atoms with Crippen molar-refractivity contribution in [2.45, 2.75) is 19.0 Å². The van der Waals surface area contributed by atoms with E-state index in [0.717, 1.165) is 12.1 Å². The third kappa shape index (κ3) is 3.06. The standard InChI is InChI=1S/C16H15F3N4O/c1-8(21)12-13(11(7-20)14(22)24-15(12)23-2)9-3-5-10(6-4-9)16(17,18)19/h3-6,13,21,23H,22H2,1-2H3. The summed E-state index contributed by atoms with van der Waals surface area (Å²) in [5.74, 6) is -0.716. The fourth-order valence-electron chi connectivity index (χ4n) is 2.53. The molecule has 0 saturated heterocycles. The van der Waals surface area contributed by atoms with Gasteiger partial charge in [-0.05, 0) is 24.6 Å². The number of nitrogens with two attached hydrogens (primary N) is 1. The van der Waals surface area contributed by atoms with E-state index in [1.807, 2.05) is 6.07 Å². The highest BCUT2D eigenvalue weighted by molar-refractivity contribution is 5.98. The first-order valence-corrected chi connectivity index (χ1v) is 6.92. The molecule has 1 unspecified atom stereocenters. The Morgan fingerprint density at radius 1 is 1.33 bits per heavy atom. The molecule has 0 aromatic heterocycles. The molecule has 0 aliphatic carbocycles. The average molecular weight is 336 g/mol. The number of hydrogen-bond donors (Lipinski definition) is 3. The van der Waals surface area contributed by atoms with E-state index in [0.29, 0.717) is 11.1 Å². The molecule has 4 N–H and O–H groups in total. The van der Waals surface area contributed by atoms with Gasteiger partial charge in [-0.15, -0.1) is 0 Å². The topological polar surface area (TPSA) is 94.9 Å². The van der Waals surface area contributed by atoms with E-state index >= 15 is 0 Å². The van der Waals surface area contributed by atoms with E-state index in [1.165, 1.54) is 19.1 Å². The van der Waals surface area contributed by atoms with E-state index in [9.17, 15) is 18.4 Å².